The molecule has 2 aromatic rings. The standard InChI is InChI=1S/C18H19F3N4/c19-14-5-16(21)15(20)4-13(14)12-2-1-11(3-17(12)22)25-7-10-6-23-9-24-18(10)8-25/h4-6,9,11-12,17H,1-3,7-8,22H2/t11-,12?,17?/m0/s1. The number of halogens is 3. The second-order valence-electron chi connectivity index (χ2n) is 6.92. The molecule has 7 heteroatoms. The lowest BCUT2D eigenvalue weighted by Gasteiger charge is -2.38. The highest BCUT2D eigenvalue weighted by Gasteiger charge is 2.36. The Balaban J connectivity index is 1.47. The summed E-state index contributed by atoms with van der Waals surface area (Å²) in [5.74, 6) is -3.21. The molecule has 4 rings (SSSR count). The zero-order chi connectivity index (χ0) is 17.6. The molecule has 0 spiro atoms. The van der Waals surface area contributed by atoms with Crippen molar-refractivity contribution in [2.45, 2.75) is 50.4 Å². The van der Waals surface area contributed by atoms with Crippen LogP contribution in [-0.2, 0) is 13.1 Å². The predicted molar refractivity (Wildman–Crippen MR) is 86.0 cm³/mol. The number of benzene rings is 1. The smallest absolute Gasteiger partial charge is 0.161 e. The normalized spacial score (nSPS) is 26.6. The lowest BCUT2D eigenvalue weighted by molar-refractivity contribution is 0.137. The van der Waals surface area contributed by atoms with Crippen molar-refractivity contribution in [1.82, 2.24) is 14.9 Å². The summed E-state index contributed by atoms with van der Waals surface area (Å²) in [4.78, 5) is 10.7. The Hall–Kier alpha value is -1.99. The molecule has 1 aromatic carbocycles. The summed E-state index contributed by atoms with van der Waals surface area (Å²) in [6.45, 7) is 1.55. The maximum atomic E-state index is 14.1. The SMILES string of the molecule is NC1C[C@@H](N2Cc3cncnc3C2)CCC1c1cc(F)c(F)cc1F. The first-order chi connectivity index (χ1) is 12.0. The largest absolute Gasteiger partial charge is 0.327 e. The minimum Gasteiger partial charge on any atom is -0.327 e. The summed E-state index contributed by atoms with van der Waals surface area (Å²) < 4.78 is 40.7. The molecule has 0 saturated heterocycles. The van der Waals surface area contributed by atoms with E-state index in [0.29, 0.717) is 18.9 Å². The van der Waals surface area contributed by atoms with E-state index in [9.17, 15) is 13.2 Å². The molecule has 3 atom stereocenters. The van der Waals surface area contributed by atoms with Crippen molar-refractivity contribution in [3.05, 3.63) is 58.9 Å². The molecule has 1 aliphatic heterocycles. The highest BCUT2D eigenvalue weighted by molar-refractivity contribution is 5.27. The Morgan fingerprint density at radius 2 is 1.84 bits per heavy atom. The minimum atomic E-state index is -1.17. The van der Waals surface area contributed by atoms with Crippen molar-refractivity contribution >= 4 is 0 Å². The van der Waals surface area contributed by atoms with Crippen LogP contribution in [0.2, 0.25) is 0 Å². The molecule has 2 heterocycles. The predicted octanol–water partition coefficient (Wildman–Crippen LogP) is 2.87. The number of rotatable bonds is 2. The van der Waals surface area contributed by atoms with Gasteiger partial charge in [-0.1, -0.05) is 0 Å². The lowest BCUT2D eigenvalue weighted by atomic mass is 9.77. The van der Waals surface area contributed by atoms with Gasteiger partial charge >= 0.3 is 0 Å². The third-order valence-corrected chi connectivity index (χ3v) is 5.44. The van der Waals surface area contributed by atoms with Crippen LogP contribution in [0.4, 0.5) is 13.2 Å². The number of nitrogens with zero attached hydrogens (tertiary/aromatic N) is 3. The number of hydrogen-bond donors (Lipinski definition) is 1. The summed E-state index contributed by atoms with van der Waals surface area (Å²) in [6.07, 6.45) is 5.55. The quantitative estimate of drug-likeness (QED) is 0.848. The Morgan fingerprint density at radius 3 is 2.60 bits per heavy atom. The molecule has 0 bridgehead atoms. The molecular formula is C18H19F3N4. The van der Waals surface area contributed by atoms with E-state index in [1.807, 2.05) is 6.20 Å². The van der Waals surface area contributed by atoms with Gasteiger partial charge in [-0.05, 0) is 30.9 Å². The Kier molecular flexibility index (Phi) is 4.21. The average Bonchev–Trinajstić information content (AvgIpc) is 3.02. The maximum absolute atomic E-state index is 14.1. The highest BCUT2D eigenvalue weighted by atomic mass is 19.2. The molecular weight excluding hydrogens is 329 g/mol. The molecule has 4 nitrogen and oxygen atoms in total. The number of nitrogens with two attached hydrogens (primary N) is 1. The molecule has 132 valence electrons. The van der Waals surface area contributed by atoms with Gasteiger partial charge in [-0.15, -0.1) is 0 Å². The molecule has 2 N–H and O–H groups in total. The summed E-state index contributed by atoms with van der Waals surface area (Å²) in [5, 5.41) is 0. The molecule has 0 amide bonds. The Bertz CT molecular complexity index is 773. The first-order valence-corrected chi connectivity index (χ1v) is 8.44. The zero-order valence-electron chi connectivity index (χ0n) is 13.6. The Morgan fingerprint density at radius 1 is 1.04 bits per heavy atom. The molecule has 2 unspecified atom stereocenters. The summed E-state index contributed by atoms with van der Waals surface area (Å²) >= 11 is 0. The van der Waals surface area contributed by atoms with Crippen LogP contribution in [0.5, 0.6) is 0 Å². The van der Waals surface area contributed by atoms with Crippen molar-refractivity contribution in [3.8, 4) is 0 Å². The van der Waals surface area contributed by atoms with Crippen LogP contribution in [0.25, 0.3) is 0 Å². The first-order valence-electron chi connectivity index (χ1n) is 8.44. The second kappa shape index (κ2) is 6.38. The van der Waals surface area contributed by atoms with E-state index in [4.69, 9.17) is 5.73 Å². The minimum absolute atomic E-state index is 0.181. The zero-order valence-corrected chi connectivity index (χ0v) is 13.6. The van der Waals surface area contributed by atoms with Gasteiger partial charge in [0, 0.05) is 48.9 Å². The fourth-order valence-corrected chi connectivity index (χ4v) is 4.11. The number of fused-ring (bicyclic) bond motifs is 1. The summed E-state index contributed by atoms with van der Waals surface area (Å²) in [7, 11) is 0. The van der Waals surface area contributed by atoms with E-state index in [-0.39, 0.29) is 23.6 Å². The van der Waals surface area contributed by atoms with E-state index in [2.05, 4.69) is 14.9 Å². The monoisotopic (exact) mass is 348 g/mol. The van der Waals surface area contributed by atoms with E-state index in [1.165, 1.54) is 0 Å². The third-order valence-electron chi connectivity index (χ3n) is 5.44. The molecule has 1 aromatic heterocycles. The van der Waals surface area contributed by atoms with Gasteiger partial charge in [-0.3, -0.25) is 4.90 Å². The molecule has 2 aliphatic rings. The van der Waals surface area contributed by atoms with Crippen LogP contribution < -0.4 is 5.73 Å². The van der Waals surface area contributed by atoms with E-state index >= 15 is 0 Å². The van der Waals surface area contributed by atoms with Crippen molar-refractivity contribution in [3.63, 3.8) is 0 Å². The second-order valence-corrected chi connectivity index (χ2v) is 6.92. The first kappa shape index (κ1) is 16.5. The van der Waals surface area contributed by atoms with E-state index < -0.39 is 17.5 Å². The summed E-state index contributed by atoms with van der Waals surface area (Å²) in [6, 6.07) is 1.54. The van der Waals surface area contributed by atoms with Crippen LogP contribution in [0, 0.1) is 17.5 Å². The van der Waals surface area contributed by atoms with Gasteiger partial charge in [0.05, 0.1) is 5.69 Å². The fraction of sp³-hybridized carbons (Fsp3) is 0.444. The maximum Gasteiger partial charge on any atom is 0.161 e. The number of aromatic nitrogens is 2. The molecule has 1 aliphatic carbocycles. The topological polar surface area (TPSA) is 55.0 Å². The third kappa shape index (κ3) is 3.02. The molecule has 1 saturated carbocycles. The van der Waals surface area contributed by atoms with Gasteiger partial charge < -0.3 is 5.73 Å². The van der Waals surface area contributed by atoms with Gasteiger partial charge in [0.1, 0.15) is 12.1 Å². The van der Waals surface area contributed by atoms with Gasteiger partial charge in [0.25, 0.3) is 0 Å². The van der Waals surface area contributed by atoms with Crippen LogP contribution in [0.1, 0.15) is 42.0 Å². The highest BCUT2D eigenvalue weighted by Crippen LogP contribution is 2.37. The average molecular weight is 348 g/mol. The van der Waals surface area contributed by atoms with E-state index in [0.717, 1.165) is 36.8 Å². The summed E-state index contributed by atoms with van der Waals surface area (Å²) in [5.41, 5.74) is 8.64. The van der Waals surface area contributed by atoms with Crippen LogP contribution in [0.3, 0.4) is 0 Å². The van der Waals surface area contributed by atoms with Gasteiger partial charge in [-0.25, -0.2) is 23.1 Å². The van der Waals surface area contributed by atoms with Crippen LogP contribution >= 0.6 is 0 Å². The van der Waals surface area contributed by atoms with Crippen LogP contribution in [-0.4, -0.2) is 27.0 Å². The molecule has 1 fully saturated rings. The van der Waals surface area contributed by atoms with Crippen molar-refractivity contribution in [2.75, 3.05) is 0 Å². The van der Waals surface area contributed by atoms with Gasteiger partial charge in [-0.2, -0.15) is 0 Å². The molecule has 25 heavy (non-hydrogen) atoms. The fourth-order valence-electron chi connectivity index (χ4n) is 4.11. The number of hydrogen-bond acceptors (Lipinski definition) is 4. The Labute approximate surface area is 143 Å². The molecule has 0 radical (unpaired) electrons. The van der Waals surface area contributed by atoms with Crippen molar-refractivity contribution < 1.29 is 13.2 Å². The van der Waals surface area contributed by atoms with Crippen molar-refractivity contribution in [2.24, 2.45) is 5.73 Å². The van der Waals surface area contributed by atoms with Gasteiger partial charge in [0.15, 0.2) is 11.6 Å². The van der Waals surface area contributed by atoms with Crippen LogP contribution in [0.15, 0.2) is 24.7 Å². The van der Waals surface area contributed by atoms with Crippen molar-refractivity contribution in [1.29, 1.82) is 0 Å². The lowest BCUT2D eigenvalue weighted by Crippen LogP contribution is -2.44. The van der Waals surface area contributed by atoms with Gasteiger partial charge in [0.2, 0.25) is 0 Å². The van der Waals surface area contributed by atoms with E-state index in [1.54, 1.807) is 6.33 Å².